The average Bonchev–Trinajstić information content (AvgIpc) is 3.37. The molecule has 0 spiro atoms. The molecule has 1 unspecified atom stereocenters. The van der Waals surface area contributed by atoms with Crippen LogP contribution < -0.4 is 21.9 Å². The van der Waals surface area contributed by atoms with Gasteiger partial charge >= 0.3 is 0 Å². The molecule has 0 amide bonds. The Balaban J connectivity index is 2.40. The Morgan fingerprint density at radius 3 is 2.83 bits per heavy atom. The maximum Gasteiger partial charge on any atom is 0.197 e. The number of alkyl halides is 1. The van der Waals surface area contributed by atoms with Gasteiger partial charge in [-0.15, -0.1) is 0 Å². The number of hydrogen-bond acceptors (Lipinski definition) is 5. The molecule has 0 radical (unpaired) electrons. The predicted molar refractivity (Wildman–Crippen MR) is 97.7 cm³/mol. The summed E-state index contributed by atoms with van der Waals surface area (Å²) in [5.41, 5.74) is 5.70. The summed E-state index contributed by atoms with van der Waals surface area (Å²) in [7, 11) is 0. The molecule has 0 aromatic rings. The molecule has 5 nitrogen and oxygen atoms in total. The average molecular weight is 331 g/mol. The lowest BCUT2D eigenvalue weighted by atomic mass is 10.0. The Kier molecular flexibility index (Phi) is 6.37. The van der Waals surface area contributed by atoms with Crippen molar-refractivity contribution in [2.75, 3.05) is 6.67 Å². The Morgan fingerprint density at radius 1 is 1.54 bits per heavy atom. The van der Waals surface area contributed by atoms with Gasteiger partial charge in [0, 0.05) is 17.7 Å². The van der Waals surface area contributed by atoms with Crippen molar-refractivity contribution >= 4 is 5.96 Å². The second-order valence-electron chi connectivity index (χ2n) is 5.80. The van der Waals surface area contributed by atoms with Crippen LogP contribution in [0, 0.1) is 0 Å². The summed E-state index contributed by atoms with van der Waals surface area (Å²) in [5.74, 6) is 6.50. The minimum absolute atomic E-state index is 0.128. The summed E-state index contributed by atoms with van der Waals surface area (Å²) in [6.07, 6.45) is 11.1. The SMILES string of the molecule is C=C/C(C1=CC(C)NC(NC2CC2)=N1)=C(NN)/C(/C=C\CF)=C/C. The van der Waals surface area contributed by atoms with Crippen LogP contribution in [0.3, 0.4) is 0 Å². The Labute approximate surface area is 143 Å². The number of halogens is 1. The number of hydrazine groups is 1. The first-order valence-electron chi connectivity index (χ1n) is 8.19. The van der Waals surface area contributed by atoms with Crippen LogP contribution in [0.2, 0.25) is 0 Å². The zero-order chi connectivity index (χ0) is 17.5. The predicted octanol–water partition coefficient (Wildman–Crippen LogP) is 2.35. The zero-order valence-corrected chi connectivity index (χ0v) is 14.3. The fourth-order valence-electron chi connectivity index (χ4n) is 2.48. The highest BCUT2D eigenvalue weighted by Gasteiger charge is 2.25. The molecule has 0 bridgehead atoms. The van der Waals surface area contributed by atoms with Gasteiger partial charge in [0.1, 0.15) is 6.67 Å². The van der Waals surface area contributed by atoms with Gasteiger partial charge in [-0.25, -0.2) is 9.38 Å². The third kappa shape index (κ3) is 4.58. The lowest BCUT2D eigenvalue weighted by Crippen LogP contribution is -2.44. The van der Waals surface area contributed by atoms with E-state index in [9.17, 15) is 4.39 Å². The van der Waals surface area contributed by atoms with Crippen molar-refractivity contribution < 1.29 is 4.39 Å². The molecule has 130 valence electrons. The minimum Gasteiger partial charge on any atom is -0.353 e. The molecule has 1 aliphatic heterocycles. The molecule has 1 atom stereocenters. The van der Waals surface area contributed by atoms with Crippen LogP contribution in [0.1, 0.15) is 26.7 Å². The molecule has 24 heavy (non-hydrogen) atoms. The van der Waals surface area contributed by atoms with Crippen molar-refractivity contribution in [1.29, 1.82) is 0 Å². The van der Waals surface area contributed by atoms with Crippen LogP contribution in [0.5, 0.6) is 0 Å². The number of aliphatic imine (C=N–C) groups is 1. The molecule has 0 saturated heterocycles. The normalized spacial score (nSPS) is 22.3. The van der Waals surface area contributed by atoms with Gasteiger partial charge in [-0.1, -0.05) is 30.9 Å². The molecule has 5 N–H and O–H groups in total. The summed E-state index contributed by atoms with van der Waals surface area (Å²) < 4.78 is 12.5. The first-order chi connectivity index (χ1) is 11.6. The van der Waals surface area contributed by atoms with Crippen molar-refractivity contribution in [2.24, 2.45) is 10.8 Å². The van der Waals surface area contributed by atoms with E-state index >= 15 is 0 Å². The van der Waals surface area contributed by atoms with Crippen molar-refractivity contribution in [2.45, 2.75) is 38.8 Å². The van der Waals surface area contributed by atoms with Crippen LogP contribution in [-0.2, 0) is 0 Å². The van der Waals surface area contributed by atoms with Gasteiger partial charge < -0.3 is 16.1 Å². The van der Waals surface area contributed by atoms with Gasteiger partial charge in [-0.2, -0.15) is 0 Å². The highest BCUT2D eigenvalue weighted by atomic mass is 19.1. The van der Waals surface area contributed by atoms with E-state index in [1.807, 2.05) is 19.1 Å². The molecule has 2 aliphatic rings. The van der Waals surface area contributed by atoms with E-state index < -0.39 is 6.67 Å². The van der Waals surface area contributed by atoms with Crippen molar-refractivity contribution in [3.05, 3.63) is 59.5 Å². The lowest BCUT2D eigenvalue weighted by molar-refractivity contribution is 0.561. The molecule has 1 fully saturated rings. The molecule has 2 rings (SSSR count). The largest absolute Gasteiger partial charge is 0.353 e. The topological polar surface area (TPSA) is 74.5 Å². The number of hydrogen-bond donors (Lipinski definition) is 4. The van der Waals surface area contributed by atoms with E-state index in [0.29, 0.717) is 11.7 Å². The van der Waals surface area contributed by atoms with E-state index in [0.717, 1.165) is 22.8 Å². The van der Waals surface area contributed by atoms with Gasteiger partial charge in [0.25, 0.3) is 0 Å². The quantitative estimate of drug-likeness (QED) is 0.328. The van der Waals surface area contributed by atoms with Crippen LogP contribution in [0.15, 0.2) is 64.5 Å². The maximum absolute atomic E-state index is 12.5. The van der Waals surface area contributed by atoms with E-state index in [4.69, 9.17) is 5.84 Å². The standard InChI is InChI=1S/C18H26FN5/c1-4-13(7-6-10-19)17(24-20)15(5-2)16-11-12(3)21-18(23-16)22-14-8-9-14/h4-7,11-12,14,24H,2,8-10,20H2,1,3H3,(H2,21,22,23)/b7-6-,13-4+,17-15+. The van der Waals surface area contributed by atoms with Crippen molar-refractivity contribution in [3.8, 4) is 0 Å². The maximum atomic E-state index is 12.5. The minimum atomic E-state index is -0.532. The Bertz CT molecular complexity index is 623. The summed E-state index contributed by atoms with van der Waals surface area (Å²) in [4.78, 5) is 4.65. The molecule has 1 saturated carbocycles. The molecule has 1 aliphatic carbocycles. The number of nitrogens with zero attached hydrogens (tertiary/aromatic N) is 1. The third-order valence-electron chi connectivity index (χ3n) is 3.80. The number of allylic oxidation sites excluding steroid dienone is 4. The van der Waals surface area contributed by atoms with Crippen LogP contribution in [0.4, 0.5) is 4.39 Å². The van der Waals surface area contributed by atoms with Gasteiger partial charge in [-0.05, 0) is 38.3 Å². The number of nitrogens with two attached hydrogens (primary N) is 1. The monoisotopic (exact) mass is 331 g/mol. The summed E-state index contributed by atoms with van der Waals surface area (Å²) in [6, 6.07) is 0.632. The fraction of sp³-hybridized carbons (Fsp3) is 0.389. The summed E-state index contributed by atoms with van der Waals surface area (Å²) in [6.45, 7) is 7.29. The molecular weight excluding hydrogens is 305 g/mol. The molecule has 0 aromatic carbocycles. The van der Waals surface area contributed by atoms with Gasteiger partial charge in [0.2, 0.25) is 0 Å². The second kappa shape index (κ2) is 8.49. The zero-order valence-electron chi connectivity index (χ0n) is 14.3. The van der Waals surface area contributed by atoms with E-state index in [1.54, 1.807) is 12.2 Å². The van der Waals surface area contributed by atoms with Crippen molar-refractivity contribution in [1.82, 2.24) is 16.1 Å². The first-order valence-corrected chi connectivity index (χ1v) is 8.19. The lowest BCUT2D eigenvalue weighted by Gasteiger charge is -2.23. The number of rotatable bonds is 7. The molecule has 6 heteroatoms. The van der Waals surface area contributed by atoms with E-state index in [-0.39, 0.29) is 6.04 Å². The first kappa shape index (κ1) is 18.0. The van der Waals surface area contributed by atoms with Crippen LogP contribution in [-0.4, -0.2) is 24.7 Å². The smallest absolute Gasteiger partial charge is 0.197 e. The van der Waals surface area contributed by atoms with Crippen LogP contribution in [0.25, 0.3) is 0 Å². The second-order valence-corrected chi connectivity index (χ2v) is 5.80. The number of nitrogens with one attached hydrogen (secondary N) is 3. The highest BCUT2D eigenvalue weighted by Crippen LogP contribution is 2.25. The third-order valence-corrected chi connectivity index (χ3v) is 3.80. The highest BCUT2D eigenvalue weighted by molar-refractivity contribution is 5.84. The van der Waals surface area contributed by atoms with Gasteiger partial charge in [0.15, 0.2) is 5.96 Å². The molecular formula is C18H26FN5. The van der Waals surface area contributed by atoms with E-state index in [1.165, 1.54) is 18.9 Å². The van der Waals surface area contributed by atoms with Crippen molar-refractivity contribution in [3.63, 3.8) is 0 Å². The Morgan fingerprint density at radius 2 is 2.29 bits per heavy atom. The van der Waals surface area contributed by atoms with Crippen LogP contribution >= 0.6 is 0 Å². The fourth-order valence-corrected chi connectivity index (χ4v) is 2.48. The van der Waals surface area contributed by atoms with Gasteiger partial charge in [-0.3, -0.25) is 5.84 Å². The summed E-state index contributed by atoms with van der Waals surface area (Å²) >= 11 is 0. The molecule has 1 heterocycles. The number of guanidine groups is 1. The van der Waals surface area contributed by atoms with E-state index in [2.05, 4.69) is 34.6 Å². The van der Waals surface area contributed by atoms with Gasteiger partial charge in [0.05, 0.1) is 11.4 Å². The summed E-state index contributed by atoms with van der Waals surface area (Å²) in [5, 5.41) is 6.68. The Hall–Kier alpha value is -2.34. The molecule has 0 aromatic heterocycles.